The number of nitrogens with one attached hydrogen (secondary N) is 2. The summed E-state index contributed by atoms with van der Waals surface area (Å²) in [6, 6.07) is 11.1. The number of pyridine rings is 1. The van der Waals surface area contributed by atoms with E-state index in [1.165, 1.54) is 13.5 Å². The quantitative estimate of drug-likeness (QED) is 0.664. The minimum absolute atomic E-state index is 0.417. The Bertz CT molecular complexity index is 998. The molecule has 0 aliphatic heterocycles. The van der Waals surface area contributed by atoms with Crippen molar-refractivity contribution in [2.45, 2.75) is 31.2 Å². The van der Waals surface area contributed by atoms with E-state index >= 15 is 0 Å². The Labute approximate surface area is 161 Å². The molecule has 0 spiro atoms. The highest BCUT2D eigenvalue weighted by molar-refractivity contribution is 5.95. The van der Waals surface area contributed by atoms with E-state index in [1.54, 1.807) is 30.3 Å². The summed E-state index contributed by atoms with van der Waals surface area (Å²) < 4.78 is 6.74. The van der Waals surface area contributed by atoms with Crippen LogP contribution >= 0.6 is 0 Å². The van der Waals surface area contributed by atoms with E-state index in [0.717, 1.165) is 18.7 Å². The molecule has 1 unspecified atom stereocenters. The number of aromatic nitrogens is 3. The molecule has 8 nitrogen and oxygen atoms in total. The van der Waals surface area contributed by atoms with Gasteiger partial charge in [0.05, 0.1) is 12.8 Å². The number of benzene rings is 1. The maximum Gasteiger partial charge on any atom is 0.333 e. The highest BCUT2D eigenvalue weighted by Crippen LogP contribution is 2.35. The van der Waals surface area contributed by atoms with Crippen molar-refractivity contribution in [2.24, 2.45) is 0 Å². The lowest BCUT2D eigenvalue weighted by Crippen LogP contribution is -2.37. The number of ether oxygens (including phenoxy) is 1. The number of amides is 2. The molecule has 1 aliphatic carbocycles. The van der Waals surface area contributed by atoms with Crippen molar-refractivity contribution in [3.05, 3.63) is 60.0 Å². The molecular formula is C20H21N5O3. The lowest BCUT2D eigenvalue weighted by atomic mass is 9.85. The number of hydrogen-bond acceptors (Lipinski definition) is 5. The average molecular weight is 379 g/mol. The molecule has 0 radical (unpaired) electrons. The first-order valence-corrected chi connectivity index (χ1v) is 9.21. The summed E-state index contributed by atoms with van der Waals surface area (Å²) in [5.74, 6) is 0.789. The molecule has 1 aromatic carbocycles. The summed E-state index contributed by atoms with van der Waals surface area (Å²) >= 11 is 0. The van der Waals surface area contributed by atoms with E-state index in [1.807, 2.05) is 22.7 Å². The number of esters is 1. The smallest absolute Gasteiger partial charge is 0.333 e. The second-order valence-corrected chi connectivity index (χ2v) is 6.77. The van der Waals surface area contributed by atoms with Crippen LogP contribution in [0.1, 0.15) is 42.6 Å². The third-order valence-corrected chi connectivity index (χ3v) is 5.02. The third-order valence-electron chi connectivity index (χ3n) is 5.02. The van der Waals surface area contributed by atoms with Gasteiger partial charge in [-0.1, -0.05) is 36.8 Å². The molecule has 1 atom stereocenters. The predicted octanol–water partition coefficient (Wildman–Crippen LogP) is 3.03. The molecule has 1 saturated carbocycles. The van der Waals surface area contributed by atoms with Gasteiger partial charge in [-0.15, -0.1) is 10.2 Å². The Kier molecular flexibility index (Phi) is 4.92. The Hall–Kier alpha value is -3.42. The molecule has 1 fully saturated rings. The van der Waals surface area contributed by atoms with Gasteiger partial charge in [0.15, 0.2) is 11.7 Å². The van der Waals surface area contributed by atoms with Crippen molar-refractivity contribution in [3.63, 3.8) is 0 Å². The molecule has 144 valence electrons. The molecule has 28 heavy (non-hydrogen) atoms. The van der Waals surface area contributed by atoms with Crippen molar-refractivity contribution in [3.8, 4) is 0 Å². The third kappa shape index (κ3) is 3.40. The van der Waals surface area contributed by atoms with Gasteiger partial charge in [0, 0.05) is 12.1 Å². The Balaban J connectivity index is 1.54. The Morgan fingerprint density at radius 3 is 2.61 bits per heavy atom. The van der Waals surface area contributed by atoms with E-state index in [9.17, 15) is 9.59 Å². The maximum atomic E-state index is 12.6. The van der Waals surface area contributed by atoms with Gasteiger partial charge in [-0.2, -0.15) is 0 Å². The molecule has 1 aliphatic rings. The van der Waals surface area contributed by atoms with Crippen molar-refractivity contribution < 1.29 is 14.3 Å². The average Bonchev–Trinajstić information content (AvgIpc) is 3.10. The van der Waals surface area contributed by atoms with Gasteiger partial charge in [0.2, 0.25) is 0 Å². The second-order valence-electron chi connectivity index (χ2n) is 6.77. The molecular weight excluding hydrogens is 358 g/mol. The summed E-state index contributed by atoms with van der Waals surface area (Å²) in [5.41, 5.74) is 1.74. The number of carbonyl (C=O) groups is 2. The van der Waals surface area contributed by atoms with Crippen LogP contribution in [0.15, 0.2) is 48.7 Å². The summed E-state index contributed by atoms with van der Waals surface area (Å²) in [4.78, 5) is 24.7. The number of anilines is 1. The first-order valence-electron chi connectivity index (χ1n) is 9.21. The molecule has 2 aromatic heterocycles. The molecule has 0 bridgehead atoms. The minimum Gasteiger partial charge on any atom is -0.467 e. The van der Waals surface area contributed by atoms with Crippen LogP contribution in [0.25, 0.3) is 5.65 Å². The van der Waals surface area contributed by atoms with Crippen molar-refractivity contribution in [1.29, 1.82) is 0 Å². The van der Waals surface area contributed by atoms with Gasteiger partial charge < -0.3 is 15.4 Å². The lowest BCUT2D eigenvalue weighted by Gasteiger charge is -2.23. The fourth-order valence-corrected chi connectivity index (χ4v) is 3.31. The zero-order valence-corrected chi connectivity index (χ0v) is 15.5. The van der Waals surface area contributed by atoms with E-state index < -0.39 is 18.0 Å². The number of nitrogens with zero attached hydrogens (tertiary/aromatic N) is 3. The number of rotatable bonds is 5. The van der Waals surface area contributed by atoms with Crippen LogP contribution in [0.4, 0.5) is 10.5 Å². The molecule has 3 aromatic rings. The van der Waals surface area contributed by atoms with Crippen molar-refractivity contribution >= 4 is 23.3 Å². The molecule has 8 heteroatoms. The molecule has 2 heterocycles. The fraction of sp³-hybridized carbons (Fsp3) is 0.300. The van der Waals surface area contributed by atoms with Gasteiger partial charge in [-0.05, 0) is 30.5 Å². The highest BCUT2D eigenvalue weighted by atomic mass is 16.5. The zero-order chi connectivity index (χ0) is 19.5. The molecule has 4 rings (SSSR count). The van der Waals surface area contributed by atoms with Gasteiger partial charge in [-0.3, -0.25) is 4.40 Å². The van der Waals surface area contributed by atoms with Gasteiger partial charge in [0.1, 0.15) is 5.82 Å². The largest absolute Gasteiger partial charge is 0.467 e. The fourth-order valence-electron chi connectivity index (χ4n) is 3.31. The van der Waals surface area contributed by atoms with Gasteiger partial charge in [0.25, 0.3) is 0 Å². The lowest BCUT2D eigenvalue weighted by molar-refractivity contribution is -0.143. The monoisotopic (exact) mass is 379 g/mol. The van der Waals surface area contributed by atoms with Crippen LogP contribution in [-0.2, 0) is 9.53 Å². The van der Waals surface area contributed by atoms with Crippen LogP contribution in [0.2, 0.25) is 0 Å². The standard InChI is InChI=1S/C20H21N5O3/c1-28-19(26)16(13-7-3-2-4-8-13)22-20(27)21-15-11-6-12-25-17(14-9-5-10-14)23-24-18(15)25/h2-4,6-8,11-12,14,16H,5,9-10H2,1H3,(H2,21,22,27). The number of urea groups is 1. The van der Waals surface area contributed by atoms with Crippen LogP contribution < -0.4 is 10.6 Å². The van der Waals surface area contributed by atoms with E-state index in [2.05, 4.69) is 20.8 Å². The number of methoxy groups -OCH3 is 1. The predicted molar refractivity (Wildman–Crippen MR) is 103 cm³/mol. The van der Waals surface area contributed by atoms with Gasteiger partial charge >= 0.3 is 12.0 Å². The normalized spacial score (nSPS) is 14.9. The van der Waals surface area contributed by atoms with Crippen LogP contribution in [-0.4, -0.2) is 33.7 Å². The summed E-state index contributed by atoms with van der Waals surface area (Å²) in [5, 5.41) is 14.0. The molecule has 2 N–H and O–H groups in total. The zero-order valence-electron chi connectivity index (χ0n) is 15.5. The van der Waals surface area contributed by atoms with Crippen molar-refractivity contribution in [2.75, 3.05) is 12.4 Å². The van der Waals surface area contributed by atoms with Crippen molar-refractivity contribution in [1.82, 2.24) is 19.9 Å². The minimum atomic E-state index is -0.908. The van der Waals surface area contributed by atoms with Gasteiger partial charge in [-0.25, -0.2) is 9.59 Å². The number of carbonyl (C=O) groups excluding carboxylic acids is 2. The molecule has 0 saturated heterocycles. The Morgan fingerprint density at radius 2 is 1.93 bits per heavy atom. The topological polar surface area (TPSA) is 97.6 Å². The number of hydrogen-bond donors (Lipinski definition) is 2. The van der Waals surface area contributed by atoms with Crippen LogP contribution in [0.5, 0.6) is 0 Å². The SMILES string of the molecule is COC(=O)C(NC(=O)Nc1cccn2c(C3CCC3)nnc12)c1ccccc1. The highest BCUT2D eigenvalue weighted by Gasteiger charge is 2.26. The first-order chi connectivity index (χ1) is 13.7. The maximum absolute atomic E-state index is 12.6. The van der Waals surface area contributed by atoms with E-state index in [-0.39, 0.29) is 0 Å². The number of fused-ring (bicyclic) bond motifs is 1. The summed E-state index contributed by atoms with van der Waals surface area (Å²) in [6.07, 6.45) is 5.31. The first kappa shape index (κ1) is 18.0. The van der Waals surface area contributed by atoms with Crippen LogP contribution in [0, 0.1) is 0 Å². The van der Waals surface area contributed by atoms with Crippen LogP contribution in [0.3, 0.4) is 0 Å². The second kappa shape index (κ2) is 7.67. The summed E-state index contributed by atoms with van der Waals surface area (Å²) in [7, 11) is 1.29. The Morgan fingerprint density at radius 1 is 1.14 bits per heavy atom. The molecule has 2 amide bonds. The van der Waals surface area contributed by atoms with E-state index in [0.29, 0.717) is 22.8 Å². The van der Waals surface area contributed by atoms with E-state index in [4.69, 9.17) is 4.74 Å². The summed E-state index contributed by atoms with van der Waals surface area (Å²) in [6.45, 7) is 0.